The van der Waals surface area contributed by atoms with Crippen molar-refractivity contribution in [3.63, 3.8) is 0 Å². The van der Waals surface area contributed by atoms with Crippen LogP contribution in [0.3, 0.4) is 0 Å². The molecule has 25 heavy (non-hydrogen) atoms. The quantitative estimate of drug-likeness (QED) is 0.603. The lowest BCUT2D eigenvalue weighted by atomic mass is 10.1. The van der Waals surface area contributed by atoms with Gasteiger partial charge in [0, 0.05) is 10.9 Å². The third-order valence-electron chi connectivity index (χ3n) is 3.99. The molecule has 0 fully saturated rings. The zero-order valence-electron chi connectivity index (χ0n) is 13.6. The van der Waals surface area contributed by atoms with Crippen LogP contribution < -0.4 is 5.32 Å². The number of para-hydroxylation sites is 1. The first-order valence-electron chi connectivity index (χ1n) is 7.90. The van der Waals surface area contributed by atoms with Crippen LogP contribution in [0.1, 0.15) is 16.1 Å². The Morgan fingerprint density at radius 1 is 1.04 bits per heavy atom. The summed E-state index contributed by atoms with van der Waals surface area (Å²) in [6.45, 7) is 1.73. The fourth-order valence-electron chi connectivity index (χ4n) is 2.77. The summed E-state index contributed by atoms with van der Waals surface area (Å²) in [6, 6.07) is 19.1. The smallest absolute Gasteiger partial charge is 0.261 e. The van der Waals surface area contributed by atoms with E-state index in [9.17, 15) is 4.79 Å². The van der Waals surface area contributed by atoms with Crippen molar-refractivity contribution in [2.75, 3.05) is 5.32 Å². The first-order valence-corrected chi connectivity index (χ1v) is 7.90. The van der Waals surface area contributed by atoms with Gasteiger partial charge in [0.15, 0.2) is 0 Å². The molecule has 0 bridgehead atoms. The van der Waals surface area contributed by atoms with E-state index < -0.39 is 0 Å². The Kier molecular flexibility index (Phi) is 3.74. The van der Waals surface area contributed by atoms with E-state index in [-0.39, 0.29) is 5.91 Å². The summed E-state index contributed by atoms with van der Waals surface area (Å²) in [6.07, 6.45) is 1.64. The van der Waals surface area contributed by atoms with Gasteiger partial charge in [-0.2, -0.15) is 0 Å². The number of nitrogens with one attached hydrogen (secondary N) is 1. The summed E-state index contributed by atoms with van der Waals surface area (Å²) in [5.74, 6) is 0.208. The van der Waals surface area contributed by atoms with Crippen LogP contribution in [0.5, 0.6) is 0 Å². The number of fused-ring (bicyclic) bond motifs is 1. The zero-order chi connectivity index (χ0) is 17.2. The van der Waals surface area contributed by atoms with Gasteiger partial charge in [-0.05, 0) is 19.1 Å². The fraction of sp³-hybridized carbons (Fsp3) is 0.0500. The molecule has 5 nitrogen and oxygen atoms in total. The highest BCUT2D eigenvalue weighted by Gasteiger charge is 2.21. The van der Waals surface area contributed by atoms with Crippen LogP contribution >= 0.6 is 0 Å². The van der Waals surface area contributed by atoms with Crippen LogP contribution in [0, 0.1) is 6.92 Å². The highest BCUT2D eigenvalue weighted by Crippen LogP contribution is 2.26. The lowest BCUT2D eigenvalue weighted by Gasteiger charge is -2.06. The van der Waals surface area contributed by atoms with Crippen LogP contribution in [0.15, 0.2) is 71.4 Å². The summed E-state index contributed by atoms with van der Waals surface area (Å²) in [5.41, 5.74) is 3.31. The average molecular weight is 329 g/mol. The standard InChI is InChI=1S/C20H15N3O2/c1-13-18(19(23-25-13)14-7-3-2-4-8-14)20(24)22-16-11-15-9-5-6-10-17(15)21-12-16/h2-12H,1H3,(H,22,24). The van der Waals surface area contributed by atoms with Gasteiger partial charge in [0.25, 0.3) is 5.91 Å². The normalized spacial score (nSPS) is 10.8. The highest BCUT2D eigenvalue weighted by molar-refractivity contribution is 6.09. The molecule has 0 saturated carbocycles. The third kappa shape index (κ3) is 2.87. The average Bonchev–Trinajstić information content (AvgIpc) is 3.04. The van der Waals surface area contributed by atoms with E-state index in [0.717, 1.165) is 16.5 Å². The maximum atomic E-state index is 12.8. The molecule has 4 aromatic rings. The lowest BCUT2D eigenvalue weighted by molar-refractivity contribution is 0.102. The predicted octanol–water partition coefficient (Wildman–Crippen LogP) is 4.45. The minimum absolute atomic E-state index is 0.269. The number of nitrogens with zero attached hydrogens (tertiary/aromatic N) is 2. The molecule has 0 spiro atoms. The molecule has 2 aromatic carbocycles. The van der Waals surface area contributed by atoms with Crippen LogP contribution in [-0.2, 0) is 0 Å². The van der Waals surface area contributed by atoms with Crippen molar-refractivity contribution >= 4 is 22.5 Å². The van der Waals surface area contributed by atoms with Gasteiger partial charge in [0.1, 0.15) is 17.0 Å². The Labute approximate surface area is 144 Å². The minimum Gasteiger partial charge on any atom is -0.360 e. The predicted molar refractivity (Wildman–Crippen MR) is 96.4 cm³/mol. The van der Waals surface area contributed by atoms with Crippen molar-refractivity contribution in [1.29, 1.82) is 0 Å². The van der Waals surface area contributed by atoms with Crippen LogP contribution in [-0.4, -0.2) is 16.0 Å². The molecule has 1 N–H and O–H groups in total. The first-order chi connectivity index (χ1) is 12.2. The van der Waals surface area contributed by atoms with Crippen molar-refractivity contribution in [2.45, 2.75) is 6.92 Å². The second-order valence-corrected chi connectivity index (χ2v) is 5.70. The Balaban J connectivity index is 1.68. The van der Waals surface area contributed by atoms with E-state index in [2.05, 4.69) is 15.5 Å². The van der Waals surface area contributed by atoms with Gasteiger partial charge in [-0.15, -0.1) is 0 Å². The molecule has 122 valence electrons. The number of rotatable bonds is 3. The van der Waals surface area contributed by atoms with Crippen LogP contribution in [0.25, 0.3) is 22.2 Å². The largest absolute Gasteiger partial charge is 0.360 e. The molecule has 0 unspecified atom stereocenters. The van der Waals surface area contributed by atoms with Crippen molar-refractivity contribution in [1.82, 2.24) is 10.1 Å². The van der Waals surface area contributed by atoms with Gasteiger partial charge >= 0.3 is 0 Å². The van der Waals surface area contributed by atoms with Gasteiger partial charge in [0.2, 0.25) is 0 Å². The number of aryl methyl sites for hydroxylation is 1. The molecule has 1 amide bonds. The number of hydrogen-bond acceptors (Lipinski definition) is 4. The molecule has 0 radical (unpaired) electrons. The highest BCUT2D eigenvalue weighted by atomic mass is 16.5. The molecule has 0 aliphatic rings. The number of amides is 1. The molecular formula is C20H15N3O2. The van der Waals surface area contributed by atoms with Crippen molar-refractivity contribution in [3.8, 4) is 11.3 Å². The second kappa shape index (κ2) is 6.20. The maximum Gasteiger partial charge on any atom is 0.261 e. The van der Waals surface area contributed by atoms with Gasteiger partial charge in [0.05, 0.1) is 17.4 Å². The number of carbonyl (C=O) groups excluding carboxylic acids is 1. The Bertz CT molecular complexity index is 1050. The van der Waals surface area contributed by atoms with Gasteiger partial charge in [-0.25, -0.2) is 0 Å². The number of benzene rings is 2. The summed E-state index contributed by atoms with van der Waals surface area (Å²) in [5, 5.41) is 7.90. The second-order valence-electron chi connectivity index (χ2n) is 5.70. The minimum atomic E-state index is -0.269. The van der Waals surface area contributed by atoms with Gasteiger partial charge in [-0.3, -0.25) is 9.78 Å². The molecule has 4 rings (SSSR count). The van der Waals surface area contributed by atoms with Gasteiger partial charge < -0.3 is 9.84 Å². The van der Waals surface area contributed by atoms with E-state index in [0.29, 0.717) is 22.7 Å². The van der Waals surface area contributed by atoms with E-state index >= 15 is 0 Å². The Morgan fingerprint density at radius 3 is 2.64 bits per heavy atom. The molecule has 0 saturated heterocycles. The number of aromatic nitrogens is 2. The van der Waals surface area contributed by atoms with E-state index in [1.807, 2.05) is 60.7 Å². The molecule has 0 aliphatic carbocycles. The number of carbonyl (C=O) groups is 1. The molecular weight excluding hydrogens is 314 g/mol. The SMILES string of the molecule is Cc1onc(-c2ccccc2)c1C(=O)Nc1cnc2ccccc2c1. The molecule has 0 aliphatic heterocycles. The first kappa shape index (κ1) is 15.1. The monoisotopic (exact) mass is 329 g/mol. The zero-order valence-corrected chi connectivity index (χ0v) is 13.6. The van der Waals surface area contributed by atoms with Crippen LogP contribution in [0.4, 0.5) is 5.69 Å². The molecule has 0 atom stereocenters. The summed E-state index contributed by atoms with van der Waals surface area (Å²) < 4.78 is 5.25. The third-order valence-corrected chi connectivity index (χ3v) is 3.99. The van der Waals surface area contributed by atoms with E-state index in [1.165, 1.54) is 0 Å². The van der Waals surface area contributed by atoms with Crippen molar-refractivity contribution in [3.05, 3.63) is 78.2 Å². The number of anilines is 1. The molecule has 2 aromatic heterocycles. The summed E-state index contributed by atoms with van der Waals surface area (Å²) in [4.78, 5) is 17.2. The fourth-order valence-corrected chi connectivity index (χ4v) is 2.77. The summed E-state index contributed by atoms with van der Waals surface area (Å²) >= 11 is 0. The molecule has 2 heterocycles. The molecule has 5 heteroatoms. The lowest BCUT2D eigenvalue weighted by Crippen LogP contribution is -2.13. The van der Waals surface area contributed by atoms with Crippen molar-refractivity contribution in [2.24, 2.45) is 0 Å². The maximum absolute atomic E-state index is 12.8. The Hall–Kier alpha value is -3.47. The van der Waals surface area contributed by atoms with Crippen molar-refractivity contribution < 1.29 is 9.32 Å². The Morgan fingerprint density at radius 2 is 1.80 bits per heavy atom. The van der Waals surface area contributed by atoms with Gasteiger partial charge in [-0.1, -0.05) is 53.7 Å². The van der Waals surface area contributed by atoms with E-state index in [1.54, 1.807) is 13.1 Å². The topological polar surface area (TPSA) is 68.0 Å². The number of pyridine rings is 1. The number of hydrogen-bond donors (Lipinski definition) is 1. The van der Waals surface area contributed by atoms with Crippen LogP contribution in [0.2, 0.25) is 0 Å². The summed E-state index contributed by atoms with van der Waals surface area (Å²) in [7, 11) is 0. The van der Waals surface area contributed by atoms with E-state index in [4.69, 9.17) is 4.52 Å².